The lowest BCUT2D eigenvalue weighted by molar-refractivity contribution is -0.137. The van der Waals surface area contributed by atoms with Crippen LogP contribution in [0.15, 0.2) is 22.7 Å². The number of hydrogen-bond acceptors (Lipinski definition) is 2. The quantitative estimate of drug-likeness (QED) is 0.835. The van der Waals surface area contributed by atoms with Gasteiger partial charge in [-0.1, -0.05) is 11.6 Å². The topological polar surface area (TPSA) is 69.6 Å². The molecule has 1 rings (SSSR count). The summed E-state index contributed by atoms with van der Waals surface area (Å²) in [6.07, 6.45) is -0.0992. The summed E-state index contributed by atoms with van der Waals surface area (Å²) in [7, 11) is 0. The lowest BCUT2D eigenvalue weighted by atomic mass is 10.2. The molecule has 5 nitrogen and oxygen atoms in total. The SMILES string of the molecule is CCN(C(=O)Nc1cc(Cl)ccc1Br)C(C)CC(=O)O. The van der Waals surface area contributed by atoms with Crippen LogP contribution in [-0.4, -0.2) is 34.6 Å². The van der Waals surface area contributed by atoms with E-state index in [-0.39, 0.29) is 12.5 Å². The first-order chi connectivity index (χ1) is 9.35. The number of carboxylic acids is 1. The summed E-state index contributed by atoms with van der Waals surface area (Å²) in [6.45, 7) is 3.91. The number of carbonyl (C=O) groups is 2. The van der Waals surface area contributed by atoms with Crippen LogP contribution in [0, 0.1) is 0 Å². The fraction of sp³-hybridized carbons (Fsp3) is 0.385. The fourth-order valence-electron chi connectivity index (χ4n) is 1.80. The molecule has 0 fully saturated rings. The number of rotatable bonds is 5. The van der Waals surface area contributed by atoms with Gasteiger partial charge in [0.25, 0.3) is 0 Å². The van der Waals surface area contributed by atoms with Crippen LogP contribution >= 0.6 is 27.5 Å². The molecule has 0 aliphatic heterocycles. The number of nitrogens with one attached hydrogen (secondary N) is 1. The molecule has 110 valence electrons. The number of carboxylic acid groups (broad SMARTS) is 1. The highest BCUT2D eigenvalue weighted by molar-refractivity contribution is 9.10. The number of aliphatic carboxylic acids is 1. The molecule has 0 saturated carbocycles. The molecule has 0 aliphatic carbocycles. The second-order valence-electron chi connectivity index (χ2n) is 4.29. The van der Waals surface area contributed by atoms with Crippen molar-refractivity contribution in [3.63, 3.8) is 0 Å². The highest BCUT2D eigenvalue weighted by Gasteiger charge is 2.21. The molecule has 1 aromatic carbocycles. The Morgan fingerprint density at radius 1 is 1.50 bits per heavy atom. The summed E-state index contributed by atoms with van der Waals surface area (Å²) in [5.41, 5.74) is 0.545. The van der Waals surface area contributed by atoms with Gasteiger partial charge in [-0.3, -0.25) is 4.79 Å². The van der Waals surface area contributed by atoms with Gasteiger partial charge in [0, 0.05) is 22.1 Å². The molecule has 1 atom stereocenters. The monoisotopic (exact) mass is 362 g/mol. The van der Waals surface area contributed by atoms with Crippen LogP contribution in [0.1, 0.15) is 20.3 Å². The van der Waals surface area contributed by atoms with Gasteiger partial charge in [-0.15, -0.1) is 0 Å². The fourth-order valence-corrected chi connectivity index (χ4v) is 2.32. The Labute approximate surface area is 131 Å². The highest BCUT2D eigenvalue weighted by atomic mass is 79.9. The molecule has 1 unspecified atom stereocenters. The van der Waals surface area contributed by atoms with Crippen LogP contribution < -0.4 is 5.32 Å². The Morgan fingerprint density at radius 2 is 2.15 bits per heavy atom. The predicted molar refractivity (Wildman–Crippen MR) is 82.3 cm³/mol. The Kier molecular flexibility index (Phi) is 6.29. The van der Waals surface area contributed by atoms with Crippen molar-refractivity contribution in [2.45, 2.75) is 26.3 Å². The van der Waals surface area contributed by atoms with Gasteiger partial charge in [0.05, 0.1) is 12.1 Å². The van der Waals surface area contributed by atoms with Crippen LogP contribution in [0.3, 0.4) is 0 Å². The van der Waals surface area contributed by atoms with Crippen molar-refractivity contribution >= 4 is 45.2 Å². The Bertz CT molecular complexity index is 510. The van der Waals surface area contributed by atoms with Gasteiger partial charge in [-0.05, 0) is 48.0 Å². The average Bonchev–Trinajstić information content (AvgIpc) is 2.33. The van der Waals surface area contributed by atoms with Crippen LogP contribution in [-0.2, 0) is 4.79 Å². The molecule has 0 bridgehead atoms. The maximum atomic E-state index is 12.2. The largest absolute Gasteiger partial charge is 0.481 e. The molecular formula is C13H16BrClN2O3. The molecule has 0 saturated heterocycles. The van der Waals surface area contributed by atoms with Gasteiger partial charge in [0.15, 0.2) is 0 Å². The van der Waals surface area contributed by atoms with E-state index in [2.05, 4.69) is 21.2 Å². The molecule has 0 aliphatic rings. The van der Waals surface area contributed by atoms with E-state index in [4.69, 9.17) is 16.7 Å². The standard InChI is InChI=1S/C13H16BrClN2O3/c1-3-17(8(2)6-12(18)19)13(20)16-11-7-9(15)4-5-10(11)14/h4-5,7-8H,3,6H2,1-2H3,(H,16,20)(H,18,19). The third-order valence-electron chi connectivity index (χ3n) is 2.77. The molecule has 1 aromatic rings. The second kappa shape index (κ2) is 7.50. The maximum absolute atomic E-state index is 12.2. The molecular weight excluding hydrogens is 348 g/mol. The minimum Gasteiger partial charge on any atom is -0.481 e. The van der Waals surface area contributed by atoms with Crippen molar-refractivity contribution in [2.24, 2.45) is 0 Å². The minimum absolute atomic E-state index is 0.0992. The number of nitrogens with zero attached hydrogens (tertiary/aromatic N) is 1. The first-order valence-electron chi connectivity index (χ1n) is 6.09. The van der Waals surface area contributed by atoms with E-state index in [9.17, 15) is 9.59 Å². The Morgan fingerprint density at radius 3 is 2.70 bits per heavy atom. The summed E-state index contributed by atoms with van der Waals surface area (Å²) < 4.78 is 0.706. The van der Waals surface area contributed by atoms with Crippen molar-refractivity contribution < 1.29 is 14.7 Å². The number of urea groups is 1. The zero-order valence-corrected chi connectivity index (χ0v) is 13.5. The minimum atomic E-state index is -0.937. The first-order valence-corrected chi connectivity index (χ1v) is 7.26. The van der Waals surface area contributed by atoms with E-state index in [1.54, 1.807) is 32.0 Å². The predicted octanol–water partition coefficient (Wildman–Crippen LogP) is 3.82. The number of amides is 2. The summed E-state index contributed by atoms with van der Waals surface area (Å²) >= 11 is 9.20. The number of halogens is 2. The van der Waals surface area contributed by atoms with Gasteiger partial charge >= 0.3 is 12.0 Å². The van der Waals surface area contributed by atoms with Crippen molar-refractivity contribution in [1.82, 2.24) is 4.90 Å². The van der Waals surface area contributed by atoms with E-state index in [1.807, 2.05) is 0 Å². The van der Waals surface area contributed by atoms with E-state index < -0.39 is 12.0 Å². The molecule has 20 heavy (non-hydrogen) atoms. The van der Waals surface area contributed by atoms with Crippen molar-refractivity contribution in [3.05, 3.63) is 27.7 Å². The lowest BCUT2D eigenvalue weighted by Crippen LogP contribution is -2.42. The Hall–Kier alpha value is -1.27. The molecule has 7 heteroatoms. The molecule has 2 N–H and O–H groups in total. The average molecular weight is 364 g/mol. The van der Waals surface area contributed by atoms with E-state index in [0.29, 0.717) is 21.7 Å². The van der Waals surface area contributed by atoms with Crippen molar-refractivity contribution in [1.29, 1.82) is 0 Å². The summed E-state index contributed by atoms with van der Waals surface area (Å²) in [5.74, 6) is -0.937. The normalized spacial score (nSPS) is 11.8. The third-order valence-corrected chi connectivity index (χ3v) is 3.70. The third kappa shape index (κ3) is 4.68. The van der Waals surface area contributed by atoms with Gasteiger partial charge in [0.1, 0.15) is 0 Å². The van der Waals surface area contributed by atoms with E-state index in [1.165, 1.54) is 4.90 Å². The Balaban J connectivity index is 2.82. The van der Waals surface area contributed by atoms with Gasteiger partial charge in [-0.25, -0.2) is 4.79 Å². The van der Waals surface area contributed by atoms with Gasteiger partial charge < -0.3 is 15.3 Å². The second-order valence-corrected chi connectivity index (χ2v) is 5.58. The van der Waals surface area contributed by atoms with Crippen LogP contribution in [0.25, 0.3) is 0 Å². The number of carbonyl (C=O) groups excluding carboxylic acids is 1. The number of anilines is 1. The maximum Gasteiger partial charge on any atom is 0.322 e. The zero-order chi connectivity index (χ0) is 15.3. The summed E-state index contributed by atoms with van der Waals surface area (Å²) in [6, 6.07) is 4.31. The molecule has 0 heterocycles. The highest BCUT2D eigenvalue weighted by Crippen LogP contribution is 2.26. The summed E-state index contributed by atoms with van der Waals surface area (Å²) in [5, 5.41) is 12.0. The van der Waals surface area contributed by atoms with Crippen LogP contribution in [0.4, 0.5) is 10.5 Å². The van der Waals surface area contributed by atoms with Crippen LogP contribution in [0.2, 0.25) is 5.02 Å². The van der Waals surface area contributed by atoms with Gasteiger partial charge in [0.2, 0.25) is 0 Å². The van der Waals surface area contributed by atoms with Crippen LogP contribution in [0.5, 0.6) is 0 Å². The molecule has 0 radical (unpaired) electrons. The smallest absolute Gasteiger partial charge is 0.322 e. The summed E-state index contributed by atoms with van der Waals surface area (Å²) in [4.78, 5) is 24.4. The number of hydrogen-bond donors (Lipinski definition) is 2. The van der Waals surface area contributed by atoms with E-state index >= 15 is 0 Å². The van der Waals surface area contributed by atoms with E-state index in [0.717, 1.165) is 0 Å². The molecule has 0 spiro atoms. The lowest BCUT2D eigenvalue weighted by Gasteiger charge is -2.27. The van der Waals surface area contributed by atoms with Crippen molar-refractivity contribution in [3.8, 4) is 0 Å². The number of benzene rings is 1. The molecule has 0 aromatic heterocycles. The molecule has 2 amide bonds. The van der Waals surface area contributed by atoms with Gasteiger partial charge in [-0.2, -0.15) is 0 Å². The van der Waals surface area contributed by atoms with Crippen molar-refractivity contribution in [2.75, 3.05) is 11.9 Å². The zero-order valence-electron chi connectivity index (χ0n) is 11.2. The first kappa shape index (κ1) is 16.8.